The molecule has 0 radical (unpaired) electrons. The lowest BCUT2D eigenvalue weighted by Crippen LogP contribution is -2.32. The van der Waals surface area contributed by atoms with Gasteiger partial charge in [-0.05, 0) is 58.4 Å². The first-order valence-electron chi connectivity index (χ1n) is 8.49. The zero-order chi connectivity index (χ0) is 17.7. The molecule has 0 saturated carbocycles. The minimum atomic E-state index is -0.0954. The Bertz CT molecular complexity index is 710. The Hall–Kier alpha value is -2.43. The molecule has 1 heterocycles. The standard InChI is InChI=1S/C19H26N4O/c1-6-22(7-2)19-20-15(5)13-17(21-19)18(24)23(8-3)16-11-9-10-14(4)12-16/h9-13H,6-8H2,1-5H3. The van der Waals surface area contributed by atoms with Crippen molar-refractivity contribution < 1.29 is 4.79 Å². The molecule has 0 unspecified atom stereocenters. The summed E-state index contributed by atoms with van der Waals surface area (Å²) in [6.45, 7) is 12.2. The molecule has 0 saturated heterocycles. The molecule has 1 aromatic carbocycles. The van der Waals surface area contributed by atoms with Crippen LogP contribution in [-0.2, 0) is 0 Å². The topological polar surface area (TPSA) is 49.3 Å². The number of nitrogens with zero attached hydrogens (tertiary/aromatic N) is 4. The van der Waals surface area contributed by atoms with Crippen LogP contribution in [0.15, 0.2) is 30.3 Å². The minimum Gasteiger partial charge on any atom is -0.341 e. The van der Waals surface area contributed by atoms with Gasteiger partial charge in [0.1, 0.15) is 5.69 Å². The summed E-state index contributed by atoms with van der Waals surface area (Å²) >= 11 is 0. The molecule has 0 aliphatic rings. The Balaban J connectivity index is 2.40. The second-order valence-corrected chi connectivity index (χ2v) is 5.76. The van der Waals surface area contributed by atoms with E-state index in [1.807, 2.05) is 49.9 Å². The van der Waals surface area contributed by atoms with Gasteiger partial charge >= 0.3 is 0 Å². The van der Waals surface area contributed by atoms with Crippen molar-refractivity contribution in [1.29, 1.82) is 0 Å². The van der Waals surface area contributed by atoms with Crippen molar-refractivity contribution in [3.05, 3.63) is 47.3 Å². The molecule has 0 aliphatic carbocycles. The molecule has 0 N–H and O–H groups in total. The maximum atomic E-state index is 13.0. The van der Waals surface area contributed by atoms with Gasteiger partial charge in [0.2, 0.25) is 5.95 Å². The summed E-state index contributed by atoms with van der Waals surface area (Å²) in [5.74, 6) is 0.519. The number of carbonyl (C=O) groups excluding carboxylic acids is 1. The van der Waals surface area contributed by atoms with Crippen LogP contribution in [0.1, 0.15) is 42.5 Å². The van der Waals surface area contributed by atoms with Gasteiger partial charge in [0.15, 0.2) is 0 Å². The minimum absolute atomic E-state index is 0.0954. The predicted molar refractivity (Wildman–Crippen MR) is 98.9 cm³/mol. The normalized spacial score (nSPS) is 10.5. The number of rotatable bonds is 6. The van der Waals surface area contributed by atoms with Gasteiger partial charge in [-0.15, -0.1) is 0 Å². The molecule has 5 heteroatoms. The van der Waals surface area contributed by atoms with E-state index in [2.05, 4.69) is 23.8 Å². The lowest BCUT2D eigenvalue weighted by atomic mass is 10.2. The number of hydrogen-bond donors (Lipinski definition) is 0. The molecule has 0 atom stereocenters. The van der Waals surface area contributed by atoms with Gasteiger partial charge in [-0.3, -0.25) is 4.79 Å². The van der Waals surface area contributed by atoms with Gasteiger partial charge in [0, 0.05) is 31.0 Å². The maximum absolute atomic E-state index is 13.0. The van der Waals surface area contributed by atoms with Gasteiger partial charge < -0.3 is 9.80 Å². The van der Waals surface area contributed by atoms with E-state index in [-0.39, 0.29) is 5.91 Å². The maximum Gasteiger partial charge on any atom is 0.277 e. The fourth-order valence-electron chi connectivity index (χ4n) is 2.69. The number of aryl methyl sites for hydroxylation is 2. The van der Waals surface area contributed by atoms with E-state index in [4.69, 9.17) is 0 Å². The monoisotopic (exact) mass is 326 g/mol. The predicted octanol–water partition coefficient (Wildman–Crippen LogP) is 3.61. The van der Waals surface area contributed by atoms with Crippen LogP contribution in [0.2, 0.25) is 0 Å². The Morgan fingerprint density at radius 1 is 1.00 bits per heavy atom. The van der Waals surface area contributed by atoms with Crippen LogP contribution in [-0.4, -0.2) is 35.5 Å². The second-order valence-electron chi connectivity index (χ2n) is 5.76. The molecule has 0 aliphatic heterocycles. The van der Waals surface area contributed by atoms with E-state index in [0.29, 0.717) is 18.2 Å². The van der Waals surface area contributed by atoms with E-state index < -0.39 is 0 Å². The quantitative estimate of drug-likeness (QED) is 0.814. The number of carbonyl (C=O) groups is 1. The average molecular weight is 326 g/mol. The van der Waals surface area contributed by atoms with Crippen molar-refractivity contribution in [1.82, 2.24) is 9.97 Å². The zero-order valence-electron chi connectivity index (χ0n) is 15.2. The van der Waals surface area contributed by atoms with Crippen molar-refractivity contribution in [2.75, 3.05) is 29.4 Å². The summed E-state index contributed by atoms with van der Waals surface area (Å²) in [6.07, 6.45) is 0. The summed E-state index contributed by atoms with van der Waals surface area (Å²) in [5.41, 5.74) is 3.26. The zero-order valence-corrected chi connectivity index (χ0v) is 15.2. The third kappa shape index (κ3) is 3.91. The average Bonchev–Trinajstić information content (AvgIpc) is 2.56. The highest BCUT2D eigenvalue weighted by atomic mass is 16.2. The van der Waals surface area contributed by atoms with Crippen LogP contribution in [0.4, 0.5) is 11.6 Å². The Kier molecular flexibility index (Phi) is 5.90. The molecule has 1 amide bonds. The Morgan fingerprint density at radius 2 is 1.71 bits per heavy atom. The van der Waals surface area contributed by atoms with E-state index in [9.17, 15) is 4.79 Å². The van der Waals surface area contributed by atoms with Gasteiger partial charge in [-0.1, -0.05) is 12.1 Å². The number of anilines is 2. The highest BCUT2D eigenvalue weighted by molar-refractivity contribution is 6.05. The highest BCUT2D eigenvalue weighted by Crippen LogP contribution is 2.19. The molecule has 2 rings (SSSR count). The molecule has 5 nitrogen and oxygen atoms in total. The van der Waals surface area contributed by atoms with Crippen LogP contribution >= 0.6 is 0 Å². The summed E-state index contributed by atoms with van der Waals surface area (Å²) in [7, 11) is 0. The molecule has 24 heavy (non-hydrogen) atoms. The van der Waals surface area contributed by atoms with Crippen molar-refractivity contribution in [3.63, 3.8) is 0 Å². The van der Waals surface area contributed by atoms with Gasteiger partial charge in [0.25, 0.3) is 5.91 Å². The van der Waals surface area contributed by atoms with E-state index >= 15 is 0 Å². The second kappa shape index (κ2) is 7.90. The van der Waals surface area contributed by atoms with Crippen LogP contribution < -0.4 is 9.80 Å². The molecular formula is C19H26N4O. The first kappa shape index (κ1) is 17.9. The molecule has 128 valence electrons. The molecule has 0 fully saturated rings. The third-order valence-electron chi connectivity index (χ3n) is 3.98. The van der Waals surface area contributed by atoms with Crippen molar-refractivity contribution in [2.24, 2.45) is 0 Å². The molecule has 0 spiro atoms. The molecule has 1 aromatic heterocycles. The number of benzene rings is 1. The fourth-order valence-corrected chi connectivity index (χ4v) is 2.69. The Labute approximate surface area is 144 Å². The van der Waals surface area contributed by atoms with Crippen molar-refractivity contribution in [2.45, 2.75) is 34.6 Å². The summed E-state index contributed by atoms with van der Waals surface area (Å²) in [5, 5.41) is 0. The summed E-state index contributed by atoms with van der Waals surface area (Å²) in [4.78, 5) is 25.8. The lowest BCUT2D eigenvalue weighted by Gasteiger charge is -2.23. The number of aromatic nitrogens is 2. The summed E-state index contributed by atoms with van der Waals surface area (Å²) in [6, 6.07) is 9.71. The first-order valence-corrected chi connectivity index (χ1v) is 8.49. The van der Waals surface area contributed by atoms with E-state index in [0.717, 1.165) is 30.0 Å². The van der Waals surface area contributed by atoms with Crippen LogP contribution in [0, 0.1) is 13.8 Å². The van der Waals surface area contributed by atoms with Crippen molar-refractivity contribution >= 4 is 17.5 Å². The fraction of sp³-hybridized carbons (Fsp3) is 0.421. The lowest BCUT2D eigenvalue weighted by molar-refractivity contribution is 0.0983. The van der Waals surface area contributed by atoms with E-state index in [1.54, 1.807) is 11.0 Å². The SMILES string of the molecule is CCN(CC)c1nc(C)cc(C(=O)N(CC)c2cccc(C)c2)n1. The summed E-state index contributed by atoms with van der Waals surface area (Å²) < 4.78 is 0. The molecule has 2 aromatic rings. The van der Waals surface area contributed by atoms with Crippen LogP contribution in [0.25, 0.3) is 0 Å². The highest BCUT2D eigenvalue weighted by Gasteiger charge is 2.20. The van der Waals surface area contributed by atoms with Gasteiger partial charge in [-0.25, -0.2) is 9.97 Å². The van der Waals surface area contributed by atoms with Gasteiger partial charge in [-0.2, -0.15) is 0 Å². The van der Waals surface area contributed by atoms with Crippen LogP contribution in [0.5, 0.6) is 0 Å². The van der Waals surface area contributed by atoms with Crippen LogP contribution in [0.3, 0.4) is 0 Å². The van der Waals surface area contributed by atoms with E-state index in [1.165, 1.54) is 0 Å². The number of hydrogen-bond acceptors (Lipinski definition) is 4. The first-order chi connectivity index (χ1) is 11.5. The van der Waals surface area contributed by atoms with Crippen molar-refractivity contribution in [3.8, 4) is 0 Å². The molecular weight excluding hydrogens is 300 g/mol. The third-order valence-corrected chi connectivity index (χ3v) is 3.98. The number of amides is 1. The Morgan fingerprint density at radius 3 is 2.29 bits per heavy atom. The molecule has 0 bridgehead atoms. The largest absolute Gasteiger partial charge is 0.341 e. The smallest absolute Gasteiger partial charge is 0.277 e. The van der Waals surface area contributed by atoms with Gasteiger partial charge in [0.05, 0.1) is 0 Å².